The zero-order chi connectivity index (χ0) is 13.7. The fourth-order valence-corrected chi connectivity index (χ4v) is 2.79. The van der Waals surface area contributed by atoms with Gasteiger partial charge in [0, 0.05) is 18.0 Å². The number of nitrogen functional groups attached to an aromatic ring is 1. The molecule has 2 rings (SSSR count). The molecule has 104 valence electrons. The number of carbonyl (C=O) groups is 1. The molecule has 1 aliphatic heterocycles. The van der Waals surface area contributed by atoms with Gasteiger partial charge in [0.05, 0.1) is 17.5 Å². The van der Waals surface area contributed by atoms with Crippen molar-refractivity contribution in [3.63, 3.8) is 0 Å². The number of nitrogens with two attached hydrogens (primary N) is 1. The van der Waals surface area contributed by atoms with Crippen LogP contribution in [-0.4, -0.2) is 30.1 Å². The molecule has 4 nitrogen and oxygen atoms in total. The van der Waals surface area contributed by atoms with E-state index in [1.807, 2.05) is 0 Å². The van der Waals surface area contributed by atoms with Crippen LogP contribution in [0.5, 0.6) is 0 Å². The number of hydrogen-bond acceptors (Lipinski definition) is 4. The molecule has 0 bridgehead atoms. The fraction of sp³-hybridized carbons (Fsp3) is 0.462. The Kier molecular flexibility index (Phi) is 5.04. The average Bonchev–Trinajstić information content (AvgIpc) is 2.87. The van der Waals surface area contributed by atoms with Gasteiger partial charge < -0.3 is 15.8 Å². The largest absolute Gasteiger partial charge is 0.399 e. The van der Waals surface area contributed by atoms with E-state index in [0.717, 1.165) is 25.2 Å². The average molecular weight is 284 g/mol. The molecule has 6 heteroatoms. The Morgan fingerprint density at radius 3 is 3.16 bits per heavy atom. The summed E-state index contributed by atoms with van der Waals surface area (Å²) in [4.78, 5) is 11.7. The van der Waals surface area contributed by atoms with Crippen LogP contribution in [0.15, 0.2) is 18.2 Å². The third-order valence-corrected chi connectivity index (χ3v) is 3.90. The maximum Gasteiger partial charge on any atom is 0.234 e. The summed E-state index contributed by atoms with van der Waals surface area (Å²) >= 11 is 1.50. The highest BCUT2D eigenvalue weighted by Gasteiger charge is 2.16. The van der Waals surface area contributed by atoms with Gasteiger partial charge in [-0.15, -0.1) is 11.8 Å². The lowest BCUT2D eigenvalue weighted by Gasteiger charge is -2.09. The number of hydrogen-bond donors (Lipinski definition) is 2. The topological polar surface area (TPSA) is 64.3 Å². The number of amides is 1. The van der Waals surface area contributed by atoms with Gasteiger partial charge >= 0.3 is 0 Å². The predicted octanol–water partition coefficient (Wildman–Crippen LogP) is 2.26. The summed E-state index contributed by atoms with van der Waals surface area (Å²) in [6, 6.07) is 4.11. The lowest BCUT2D eigenvalue weighted by atomic mass is 10.2. The Balaban J connectivity index is 1.75. The zero-order valence-electron chi connectivity index (χ0n) is 10.5. The first-order chi connectivity index (χ1) is 9.15. The van der Waals surface area contributed by atoms with Crippen molar-refractivity contribution in [3.05, 3.63) is 24.0 Å². The van der Waals surface area contributed by atoms with Crippen molar-refractivity contribution >= 4 is 29.0 Å². The standard InChI is InChI=1S/C13H17FN2O2S/c14-11-4-3-9(15)6-12(11)16-13(17)8-19-7-10-2-1-5-18-10/h3-4,6,10H,1-2,5,7-8,15H2,(H,16,17). The van der Waals surface area contributed by atoms with Crippen molar-refractivity contribution in [1.29, 1.82) is 0 Å². The summed E-state index contributed by atoms with van der Waals surface area (Å²) < 4.78 is 18.9. The van der Waals surface area contributed by atoms with Gasteiger partial charge in [-0.2, -0.15) is 0 Å². The summed E-state index contributed by atoms with van der Waals surface area (Å²) in [6.07, 6.45) is 2.40. The Morgan fingerprint density at radius 1 is 1.58 bits per heavy atom. The minimum Gasteiger partial charge on any atom is -0.399 e. The zero-order valence-corrected chi connectivity index (χ0v) is 11.3. The second kappa shape index (κ2) is 6.77. The van der Waals surface area contributed by atoms with Crippen molar-refractivity contribution in [2.75, 3.05) is 29.2 Å². The van der Waals surface area contributed by atoms with Crippen molar-refractivity contribution in [2.24, 2.45) is 0 Å². The minimum atomic E-state index is -0.480. The van der Waals surface area contributed by atoms with Gasteiger partial charge in [-0.3, -0.25) is 4.79 Å². The molecule has 1 amide bonds. The van der Waals surface area contributed by atoms with Crippen molar-refractivity contribution in [2.45, 2.75) is 18.9 Å². The summed E-state index contributed by atoms with van der Waals surface area (Å²) in [7, 11) is 0. The van der Waals surface area contributed by atoms with E-state index in [2.05, 4.69) is 5.32 Å². The molecule has 0 aliphatic carbocycles. The SMILES string of the molecule is Nc1ccc(F)c(NC(=O)CSCC2CCCO2)c1. The number of nitrogens with one attached hydrogen (secondary N) is 1. The van der Waals surface area contributed by atoms with Gasteiger partial charge in [0.25, 0.3) is 0 Å². The first kappa shape index (κ1) is 14.1. The van der Waals surface area contributed by atoms with Crippen LogP contribution in [0.3, 0.4) is 0 Å². The molecule has 1 aliphatic rings. The number of rotatable bonds is 5. The van der Waals surface area contributed by atoms with Crippen LogP contribution in [0.1, 0.15) is 12.8 Å². The number of ether oxygens (including phenoxy) is 1. The Labute approximate surface area is 115 Å². The number of thioether (sulfide) groups is 1. The third-order valence-electron chi connectivity index (χ3n) is 2.83. The van der Waals surface area contributed by atoms with E-state index >= 15 is 0 Å². The van der Waals surface area contributed by atoms with Gasteiger partial charge in [0.2, 0.25) is 5.91 Å². The summed E-state index contributed by atoms with van der Waals surface area (Å²) in [5.74, 6) is 0.375. The van der Waals surface area contributed by atoms with E-state index in [9.17, 15) is 9.18 Å². The van der Waals surface area contributed by atoms with Gasteiger partial charge in [0.1, 0.15) is 5.82 Å². The molecule has 1 aromatic rings. The number of anilines is 2. The van der Waals surface area contributed by atoms with E-state index in [-0.39, 0.29) is 23.5 Å². The number of halogens is 1. The van der Waals surface area contributed by atoms with Crippen LogP contribution in [0.4, 0.5) is 15.8 Å². The fourth-order valence-electron chi connectivity index (χ4n) is 1.88. The van der Waals surface area contributed by atoms with Crippen LogP contribution in [0.25, 0.3) is 0 Å². The van der Waals surface area contributed by atoms with E-state index < -0.39 is 5.82 Å². The highest BCUT2D eigenvalue weighted by Crippen LogP contribution is 2.19. The van der Waals surface area contributed by atoms with Crippen LogP contribution < -0.4 is 11.1 Å². The lowest BCUT2D eigenvalue weighted by Crippen LogP contribution is -2.17. The van der Waals surface area contributed by atoms with Crippen LogP contribution in [0, 0.1) is 5.82 Å². The third kappa shape index (κ3) is 4.40. The van der Waals surface area contributed by atoms with Crippen molar-refractivity contribution in [1.82, 2.24) is 0 Å². The van der Waals surface area contributed by atoms with Crippen LogP contribution in [-0.2, 0) is 9.53 Å². The maximum atomic E-state index is 13.4. The van der Waals surface area contributed by atoms with Crippen molar-refractivity contribution in [3.8, 4) is 0 Å². The molecule has 1 atom stereocenters. The maximum absolute atomic E-state index is 13.4. The molecule has 1 heterocycles. The molecule has 0 spiro atoms. The molecule has 3 N–H and O–H groups in total. The first-order valence-corrected chi connectivity index (χ1v) is 7.35. The molecule has 1 fully saturated rings. The van der Waals surface area contributed by atoms with Gasteiger partial charge in [-0.25, -0.2) is 4.39 Å². The predicted molar refractivity (Wildman–Crippen MR) is 75.7 cm³/mol. The highest BCUT2D eigenvalue weighted by molar-refractivity contribution is 8.00. The molecular formula is C13H17FN2O2S. The van der Waals surface area contributed by atoms with E-state index in [1.165, 1.54) is 30.0 Å². The monoisotopic (exact) mass is 284 g/mol. The quantitative estimate of drug-likeness (QED) is 0.814. The molecule has 0 saturated carbocycles. The highest BCUT2D eigenvalue weighted by atomic mass is 32.2. The molecule has 1 saturated heterocycles. The smallest absolute Gasteiger partial charge is 0.234 e. The lowest BCUT2D eigenvalue weighted by molar-refractivity contribution is -0.113. The molecule has 0 aromatic heterocycles. The van der Waals surface area contributed by atoms with Crippen LogP contribution in [0.2, 0.25) is 0 Å². The second-order valence-corrected chi connectivity index (χ2v) is 5.47. The molecule has 0 radical (unpaired) electrons. The van der Waals surface area contributed by atoms with E-state index in [4.69, 9.17) is 10.5 Å². The van der Waals surface area contributed by atoms with Gasteiger partial charge in [0.15, 0.2) is 0 Å². The number of benzene rings is 1. The Morgan fingerprint density at radius 2 is 2.42 bits per heavy atom. The summed E-state index contributed by atoms with van der Waals surface area (Å²) in [5, 5.41) is 2.52. The molecule has 1 aromatic carbocycles. The van der Waals surface area contributed by atoms with Gasteiger partial charge in [-0.05, 0) is 31.0 Å². The normalized spacial score (nSPS) is 18.5. The molecular weight excluding hydrogens is 267 g/mol. The number of carbonyl (C=O) groups excluding carboxylic acids is 1. The first-order valence-electron chi connectivity index (χ1n) is 6.19. The van der Waals surface area contributed by atoms with E-state index in [0.29, 0.717) is 5.69 Å². The minimum absolute atomic E-state index is 0.128. The summed E-state index contributed by atoms with van der Waals surface area (Å²) in [5.41, 5.74) is 6.09. The van der Waals surface area contributed by atoms with Crippen molar-refractivity contribution < 1.29 is 13.9 Å². The molecule has 1 unspecified atom stereocenters. The Hall–Kier alpha value is -1.27. The van der Waals surface area contributed by atoms with Gasteiger partial charge in [-0.1, -0.05) is 0 Å². The van der Waals surface area contributed by atoms with E-state index in [1.54, 1.807) is 0 Å². The second-order valence-electron chi connectivity index (χ2n) is 4.44. The summed E-state index contributed by atoms with van der Waals surface area (Å²) in [6.45, 7) is 0.811. The van der Waals surface area contributed by atoms with Crippen LogP contribution >= 0.6 is 11.8 Å². The Bertz CT molecular complexity index is 450. The molecule has 19 heavy (non-hydrogen) atoms.